The first-order chi connectivity index (χ1) is 14.2. The Balaban J connectivity index is 1.28. The van der Waals surface area contributed by atoms with E-state index in [1.54, 1.807) is 11.0 Å². The van der Waals surface area contributed by atoms with Crippen molar-refractivity contribution in [3.63, 3.8) is 0 Å². The van der Waals surface area contributed by atoms with Crippen LogP contribution in [0.5, 0.6) is 0 Å². The molecule has 29 heavy (non-hydrogen) atoms. The van der Waals surface area contributed by atoms with Gasteiger partial charge in [-0.3, -0.25) is 9.59 Å². The van der Waals surface area contributed by atoms with Crippen molar-refractivity contribution in [2.24, 2.45) is 11.8 Å². The van der Waals surface area contributed by atoms with Crippen molar-refractivity contribution in [1.29, 1.82) is 0 Å². The van der Waals surface area contributed by atoms with E-state index >= 15 is 0 Å². The normalized spacial score (nSPS) is 20.6. The molecule has 1 aromatic carbocycles. The molecule has 2 aromatic rings. The summed E-state index contributed by atoms with van der Waals surface area (Å²) in [7, 11) is 0. The minimum absolute atomic E-state index is 0.0477. The molecule has 1 saturated carbocycles. The van der Waals surface area contributed by atoms with Gasteiger partial charge in [0.2, 0.25) is 11.8 Å². The number of hydrogen-bond acceptors (Lipinski definition) is 4. The van der Waals surface area contributed by atoms with Gasteiger partial charge >= 0.3 is 0 Å². The molecular formula is C22H29N5O2. The second kappa shape index (κ2) is 9.20. The third kappa shape index (κ3) is 5.02. The molecule has 4 rings (SSSR count). The van der Waals surface area contributed by atoms with Crippen LogP contribution in [-0.2, 0) is 16.1 Å². The fourth-order valence-corrected chi connectivity index (χ4v) is 4.43. The van der Waals surface area contributed by atoms with Gasteiger partial charge in [0.05, 0.1) is 11.6 Å². The van der Waals surface area contributed by atoms with Crippen LogP contribution in [0, 0.1) is 11.8 Å². The van der Waals surface area contributed by atoms with Gasteiger partial charge in [-0.15, -0.1) is 0 Å². The number of aromatic nitrogens is 3. The summed E-state index contributed by atoms with van der Waals surface area (Å²) < 4.78 is 1.70. The Morgan fingerprint density at radius 1 is 1.10 bits per heavy atom. The van der Waals surface area contributed by atoms with Crippen molar-refractivity contribution in [2.45, 2.75) is 51.5 Å². The highest BCUT2D eigenvalue weighted by molar-refractivity contribution is 5.83. The molecule has 1 aromatic heterocycles. The van der Waals surface area contributed by atoms with E-state index in [2.05, 4.69) is 15.4 Å². The fourth-order valence-electron chi connectivity index (χ4n) is 4.43. The van der Waals surface area contributed by atoms with E-state index in [0.29, 0.717) is 31.8 Å². The van der Waals surface area contributed by atoms with Gasteiger partial charge in [-0.1, -0.05) is 31.4 Å². The summed E-state index contributed by atoms with van der Waals surface area (Å²) >= 11 is 0. The quantitative estimate of drug-likeness (QED) is 0.816. The molecule has 1 N–H and O–H groups in total. The van der Waals surface area contributed by atoms with E-state index in [0.717, 1.165) is 17.8 Å². The monoisotopic (exact) mass is 395 g/mol. The molecule has 2 amide bonds. The zero-order valence-electron chi connectivity index (χ0n) is 16.8. The predicted octanol–water partition coefficient (Wildman–Crippen LogP) is 2.70. The van der Waals surface area contributed by atoms with Gasteiger partial charge < -0.3 is 10.2 Å². The molecule has 1 saturated heterocycles. The van der Waals surface area contributed by atoms with Gasteiger partial charge in [-0.2, -0.15) is 5.10 Å². The molecule has 0 bridgehead atoms. The summed E-state index contributed by atoms with van der Waals surface area (Å²) in [6.45, 7) is 1.88. The lowest BCUT2D eigenvalue weighted by Gasteiger charge is -2.35. The highest BCUT2D eigenvalue weighted by Gasteiger charge is 2.31. The van der Waals surface area contributed by atoms with E-state index in [4.69, 9.17) is 0 Å². The predicted molar refractivity (Wildman–Crippen MR) is 109 cm³/mol. The van der Waals surface area contributed by atoms with Crippen LogP contribution in [0.3, 0.4) is 0 Å². The van der Waals surface area contributed by atoms with Crippen molar-refractivity contribution < 1.29 is 9.59 Å². The standard InChI is InChI=1S/C22H29N5O2/c28-21-11-8-19(14-26(21)13-18-4-2-1-3-5-18)22(29)24-12-17-6-9-20(10-7-17)27-16-23-15-25-27/h6-7,9-10,15-16,18-19H,1-5,8,11-14H2,(H,24,29)/t19-/m1/s1. The highest BCUT2D eigenvalue weighted by atomic mass is 16.2. The summed E-state index contributed by atoms with van der Waals surface area (Å²) in [5.74, 6) is 0.763. The number of likely N-dealkylation sites (tertiary alicyclic amines) is 1. The molecule has 0 unspecified atom stereocenters. The third-order valence-electron chi connectivity index (χ3n) is 6.16. The van der Waals surface area contributed by atoms with Crippen molar-refractivity contribution in [3.8, 4) is 5.69 Å². The average Bonchev–Trinajstić information content (AvgIpc) is 3.30. The maximum Gasteiger partial charge on any atom is 0.225 e. The van der Waals surface area contributed by atoms with Gasteiger partial charge in [0.1, 0.15) is 12.7 Å². The summed E-state index contributed by atoms with van der Waals surface area (Å²) in [5, 5.41) is 7.16. The van der Waals surface area contributed by atoms with Gasteiger partial charge in [-0.05, 0) is 42.9 Å². The van der Waals surface area contributed by atoms with Gasteiger partial charge in [-0.25, -0.2) is 9.67 Å². The number of piperidine rings is 1. The zero-order chi connectivity index (χ0) is 20.1. The first-order valence-electron chi connectivity index (χ1n) is 10.7. The van der Waals surface area contributed by atoms with Crippen LogP contribution in [0.4, 0.5) is 0 Å². The van der Waals surface area contributed by atoms with Crippen molar-refractivity contribution in [2.75, 3.05) is 13.1 Å². The molecule has 0 radical (unpaired) electrons. The smallest absolute Gasteiger partial charge is 0.225 e. The maximum absolute atomic E-state index is 12.7. The second-order valence-electron chi connectivity index (χ2n) is 8.26. The topological polar surface area (TPSA) is 80.1 Å². The van der Waals surface area contributed by atoms with Crippen LogP contribution in [0.15, 0.2) is 36.9 Å². The van der Waals surface area contributed by atoms with Gasteiger partial charge in [0.25, 0.3) is 0 Å². The first kappa shape index (κ1) is 19.6. The number of nitrogens with one attached hydrogen (secondary N) is 1. The number of carbonyl (C=O) groups is 2. The van der Waals surface area contributed by atoms with E-state index in [-0.39, 0.29) is 17.7 Å². The average molecular weight is 396 g/mol. The van der Waals surface area contributed by atoms with Crippen LogP contribution in [0.25, 0.3) is 5.69 Å². The van der Waals surface area contributed by atoms with Gasteiger partial charge in [0, 0.05) is 26.1 Å². The molecule has 1 atom stereocenters. The van der Waals surface area contributed by atoms with E-state index < -0.39 is 0 Å². The van der Waals surface area contributed by atoms with Crippen molar-refractivity contribution in [1.82, 2.24) is 25.0 Å². The lowest BCUT2D eigenvalue weighted by atomic mass is 9.87. The SMILES string of the molecule is O=C(NCc1ccc(-n2cncn2)cc1)[C@@H]1CCC(=O)N(CC2CCCCC2)C1. The number of carbonyl (C=O) groups excluding carboxylic acids is 2. The molecule has 1 aliphatic carbocycles. The van der Waals surface area contributed by atoms with Crippen LogP contribution in [-0.4, -0.2) is 44.6 Å². The van der Waals surface area contributed by atoms with Crippen LogP contribution in [0.1, 0.15) is 50.5 Å². The van der Waals surface area contributed by atoms with Crippen molar-refractivity contribution >= 4 is 11.8 Å². The number of hydrogen-bond donors (Lipinski definition) is 1. The third-order valence-corrected chi connectivity index (χ3v) is 6.16. The fraction of sp³-hybridized carbons (Fsp3) is 0.545. The van der Waals surface area contributed by atoms with Crippen LogP contribution in [0.2, 0.25) is 0 Å². The summed E-state index contributed by atoms with van der Waals surface area (Å²) in [5.41, 5.74) is 1.97. The molecule has 1 aliphatic heterocycles. The zero-order valence-corrected chi connectivity index (χ0v) is 16.8. The molecule has 0 spiro atoms. The summed E-state index contributed by atoms with van der Waals surface area (Å²) in [6, 6.07) is 7.89. The molecule has 2 fully saturated rings. The Morgan fingerprint density at radius 2 is 1.90 bits per heavy atom. The molecule has 154 valence electrons. The number of amides is 2. The Hall–Kier alpha value is -2.70. The number of rotatable bonds is 6. The summed E-state index contributed by atoms with van der Waals surface area (Å²) in [6.07, 6.45) is 10.6. The molecule has 7 heteroatoms. The highest BCUT2D eigenvalue weighted by Crippen LogP contribution is 2.27. The minimum Gasteiger partial charge on any atom is -0.352 e. The van der Waals surface area contributed by atoms with Gasteiger partial charge in [0.15, 0.2) is 0 Å². The second-order valence-corrected chi connectivity index (χ2v) is 8.26. The Morgan fingerprint density at radius 3 is 2.62 bits per heavy atom. The largest absolute Gasteiger partial charge is 0.352 e. The Kier molecular flexibility index (Phi) is 6.22. The molecule has 2 aliphatic rings. The maximum atomic E-state index is 12.7. The van der Waals surface area contributed by atoms with E-state index in [1.807, 2.05) is 29.2 Å². The summed E-state index contributed by atoms with van der Waals surface area (Å²) in [4.78, 5) is 30.9. The first-order valence-corrected chi connectivity index (χ1v) is 10.7. The Labute approximate surface area is 171 Å². The van der Waals surface area contributed by atoms with Crippen LogP contribution < -0.4 is 5.32 Å². The van der Waals surface area contributed by atoms with Crippen molar-refractivity contribution in [3.05, 3.63) is 42.5 Å². The number of benzene rings is 1. The molecular weight excluding hydrogens is 366 g/mol. The Bertz CT molecular complexity index is 812. The minimum atomic E-state index is -0.106. The van der Waals surface area contributed by atoms with E-state index in [1.165, 1.54) is 38.4 Å². The molecule has 2 heterocycles. The number of nitrogens with zero attached hydrogens (tertiary/aromatic N) is 4. The lowest BCUT2D eigenvalue weighted by Crippen LogP contribution is -2.47. The lowest BCUT2D eigenvalue weighted by molar-refractivity contribution is -0.139. The van der Waals surface area contributed by atoms with E-state index in [9.17, 15) is 9.59 Å². The molecule has 7 nitrogen and oxygen atoms in total. The van der Waals surface area contributed by atoms with Crippen LogP contribution >= 0.6 is 0 Å².